The summed E-state index contributed by atoms with van der Waals surface area (Å²) in [7, 11) is 0. The predicted octanol–water partition coefficient (Wildman–Crippen LogP) is 7.88. The topological polar surface area (TPSA) is 68.3 Å². The first kappa shape index (κ1) is 21.8. The summed E-state index contributed by atoms with van der Waals surface area (Å²) in [4.78, 5) is 49.4. The van der Waals surface area contributed by atoms with E-state index < -0.39 is 0 Å². The van der Waals surface area contributed by atoms with E-state index in [0.29, 0.717) is 33.0 Å². The molecule has 0 aliphatic carbocycles. The Balaban J connectivity index is 2.17. The predicted molar refractivity (Wildman–Crippen MR) is 141 cm³/mol. The number of rotatable bonds is 4. The smallest absolute Gasteiger partial charge is 0.228 e. The molecule has 32 heavy (non-hydrogen) atoms. The number of hydrogen-bond donors (Lipinski definition) is 0. The second-order valence-electron chi connectivity index (χ2n) is 7.24. The van der Waals surface area contributed by atoms with Crippen LogP contribution in [-0.4, -0.2) is 18.8 Å². The van der Waals surface area contributed by atoms with Gasteiger partial charge in [-0.25, -0.2) is 0 Å². The van der Waals surface area contributed by atoms with E-state index in [1.807, 2.05) is 24.3 Å². The third-order valence-electron chi connectivity index (χ3n) is 5.75. The minimum Gasteiger partial charge on any atom is -0.281 e. The van der Waals surface area contributed by atoms with Gasteiger partial charge in [0.05, 0.1) is 0 Å². The highest BCUT2D eigenvalue weighted by Crippen LogP contribution is 2.44. The number of fused-ring (bicyclic) bond motifs is 2. The van der Waals surface area contributed by atoms with Crippen LogP contribution >= 0.6 is 63.7 Å². The molecular formula is C24H8Br4O4. The molecule has 8 heteroatoms. The fourth-order valence-corrected chi connectivity index (χ4v) is 5.87. The van der Waals surface area contributed by atoms with Gasteiger partial charge in [0.2, 0.25) is 18.8 Å². The first-order chi connectivity index (χ1) is 15.2. The summed E-state index contributed by atoms with van der Waals surface area (Å²) >= 11 is 12.1. The zero-order valence-corrected chi connectivity index (χ0v) is 22.1. The Labute approximate surface area is 214 Å². The van der Waals surface area contributed by atoms with Crippen molar-refractivity contribution in [1.29, 1.82) is 0 Å². The number of hydrogen-bond acceptors (Lipinski definition) is 4. The maximum atomic E-state index is 12.3. The molecule has 0 radical (unpaired) electrons. The van der Waals surface area contributed by atoms with Crippen LogP contribution in [0.3, 0.4) is 0 Å². The Kier molecular flexibility index (Phi) is 5.32. The number of carbonyl (C=O) groups excluding carboxylic acids is 4. The van der Waals surface area contributed by atoms with Gasteiger partial charge in [-0.15, -0.1) is 0 Å². The van der Waals surface area contributed by atoms with E-state index in [1.165, 1.54) is 0 Å². The van der Waals surface area contributed by atoms with Gasteiger partial charge < -0.3 is 0 Å². The first-order valence-corrected chi connectivity index (χ1v) is 12.4. The highest BCUT2D eigenvalue weighted by Gasteiger charge is 2.24. The highest BCUT2D eigenvalue weighted by atomic mass is 79.9. The van der Waals surface area contributed by atoms with E-state index in [4.69, 9.17) is 0 Å². The van der Waals surface area contributed by atoms with Gasteiger partial charge in [0, 0.05) is 33.0 Å². The molecule has 0 amide bonds. The van der Waals surface area contributed by atoms with Crippen LogP contribution in [-0.2, 0) is 0 Å². The molecule has 0 atom stereocenters. The van der Waals surface area contributed by atoms with Crippen LogP contribution in [0.1, 0.15) is 41.4 Å². The van der Waals surface area contributed by atoms with Crippen LogP contribution in [0.5, 0.6) is 0 Å². The molecule has 0 saturated heterocycles. The van der Waals surface area contributed by atoms with Gasteiger partial charge in [0.1, 0.15) is 0 Å². The van der Waals surface area contributed by atoms with Crippen LogP contribution in [0.4, 0.5) is 0 Å². The monoisotopic (exact) mass is 676 g/mol. The SMILES string of the molecule is O=C(Br)c1ccc2c3ccc(C(=O)Br)c4c(C(=O)Br)ccc(c5ccc(C(=O)Br)c1c25)c43. The van der Waals surface area contributed by atoms with Crippen molar-refractivity contribution < 1.29 is 19.2 Å². The highest BCUT2D eigenvalue weighted by molar-refractivity contribution is 9.19. The minimum atomic E-state index is -0.326. The van der Waals surface area contributed by atoms with Crippen molar-refractivity contribution in [3.05, 3.63) is 70.8 Å². The molecule has 156 valence electrons. The van der Waals surface area contributed by atoms with E-state index >= 15 is 0 Å². The number of benzene rings is 5. The van der Waals surface area contributed by atoms with E-state index in [9.17, 15) is 19.2 Å². The van der Waals surface area contributed by atoms with Crippen molar-refractivity contribution >= 4 is 126 Å². The lowest BCUT2D eigenvalue weighted by molar-refractivity contribution is 0.108. The second-order valence-corrected chi connectivity index (χ2v) is 10.1. The summed E-state index contributed by atoms with van der Waals surface area (Å²) in [6, 6.07) is 14.0. The molecular weight excluding hydrogens is 672 g/mol. The minimum absolute atomic E-state index is 0.326. The molecule has 0 aromatic heterocycles. The average Bonchev–Trinajstić information content (AvgIpc) is 2.75. The van der Waals surface area contributed by atoms with Crippen LogP contribution in [0, 0.1) is 0 Å². The van der Waals surface area contributed by atoms with Crippen molar-refractivity contribution in [2.24, 2.45) is 0 Å². The average molecular weight is 680 g/mol. The molecule has 5 aromatic rings. The molecule has 0 N–H and O–H groups in total. The van der Waals surface area contributed by atoms with Crippen molar-refractivity contribution in [2.45, 2.75) is 0 Å². The molecule has 0 fully saturated rings. The molecule has 5 rings (SSSR count). The third kappa shape index (κ3) is 3.04. The first-order valence-electron chi connectivity index (χ1n) is 9.22. The number of carbonyl (C=O) groups is 4. The van der Waals surface area contributed by atoms with E-state index in [1.54, 1.807) is 24.3 Å². The van der Waals surface area contributed by atoms with E-state index in [-0.39, 0.29) is 18.8 Å². The van der Waals surface area contributed by atoms with Crippen molar-refractivity contribution in [3.8, 4) is 0 Å². The Morgan fingerprint density at radius 1 is 0.375 bits per heavy atom. The van der Waals surface area contributed by atoms with Crippen molar-refractivity contribution in [3.63, 3.8) is 0 Å². The van der Waals surface area contributed by atoms with Gasteiger partial charge >= 0.3 is 0 Å². The van der Waals surface area contributed by atoms with Crippen LogP contribution in [0.15, 0.2) is 48.5 Å². The van der Waals surface area contributed by atoms with Crippen LogP contribution in [0.2, 0.25) is 0 Å². The summed E-state index contributed by atoms with van der Waals surface area (Å²) in [5, 5.41) is 5.88. The van der Waals surface area contributed by atoms with Gasteiger partial charge in [-0.1, -0.05) is 24.3 Å². The van der Waals surface area contributed by atoms with Crippen LogP contribution in [0.25, 0.3) is 43.1 Å². The van der Waals surface area contributed by atoms with E-state index in [0.717, 1.165) is 32.3 Å². The Hall–Kier alpha value is -2.00. The summed E-state index contributed by atoms with van der Waals surface area (Å²) in [6.07, 6.45) is 0. The molecule has 0 bridgehead atoms. The molecule has 0 saturated carbocycles. The molecule has 4 nitrogen and oxygen atoms in total. The fourth-order valence-electron chi connectivity index (χ4n) is 4.54. The molecule has 0 heterocycles. The fraction of sp³-hybridized carbons (Fsp3) is 0. The zero-order chi connectivity index (χ0) is 22.9. The Bertz CT molecular complexity index is 1450. The number of halogens is 4. The molecule has 0 aliphatic heterocycles. The second kappa shape index (κ2) is 7.80. The van der Waals surface area contributed by atoms with Crippen molar-refractivity contribution in [2.75, 3.05) is 0 Å². The summed E-state index contributed by atoms with van der Waals surface area (Å²) in [5.74, 6) is 0. The zero-order valence-electron chi connectivity index (χ0n) is 15.8. The molecule has 0 aliphatic rings. The summed E-state index contributed by atoms with van der Waals surface area (Å²) in [6.45, 7) is 0. The maximum Gasteiger partial charge on any atom is 0.228 e. The Morgan fingerprint density at radius 3 is 0.781 bits per heavy atom. The maximum absolute atomic E-state index is 12.3. The Morgan fingerprint density at radius 2 is 0.594 bits per heavy atom. The van der Waals surface area contributed by atoms with Gasteiger partial charge in [-0.2, -0.15) is 0 Å². The largest absolute Gasteiger partial charge is 0.281 e. The van der Waals surface area contributed by atoms with Crippen molar-refractivity contribution in [1.82, 2.24) is 0 Å². The summed E-state index contributed by atoms with van der Waals surface area (Å²) in [5.41, 5.74) is 1.53. The quantitative estimate of drug-likeness (QED) is 0.110. The van der Waals surface area contributed by atoms with Crippen LogP contribution < -0.4 is 0 Å². The van der Waals surface area contributed by atoms with E-state index in [2.05, 4.69) is 63.7 Å². The van der Waals surface area contributed by atoms with Gasteiger partial charge in [-0.05, 0) is 120 Å². The standard InChI is InChI=1S/C24H8Br4O4/c25-21(29)13-5-1-9-10-2-6-15(23(27)31)20-16(24(28)32)8-4-12(18(10)20)11-3-7-14(22(26)30)19(13)17(9)11/h1-8H. The molecule has 5 aromatic carbocycles. The molecule has 0 spiro atoms. The van der Waals surface area contributed by atoms with Gasteiger partial charge in [0.25, 0.3) is 0 Å². The van der Waals surface area contributed by atoms with Gasteiger partial charge in [0.15, 0.2) is 0 Å². The normalized spacial score (nSPS) is 11.6. The lowest BCUT2D eigenvalue weighted by atomic mass is 9.85. The molecule has 0 unspecified atom stereocenters. The lowest BCUT2D eigenvalue weighted by Gasteiger charge is -2.19. The van der Waals surface area contributed by atoms with Gasteiger partial charge in [-0.3, -0.25) is 19.2 Å². The summed E-state index contributed by atoms with van der Waals surface area (Å²) < 4.78 is -1.31. The third-order valence-corrected chi connectivity index (χ3v) is 7.46. The lowest BCUT2D eigenvalue weighted by Crippen LogP contribution is -2.02.